The number of rotatable bonds is 5. The summed E-state index contributed by atoms with van der Waals surface area (Å²) in [5.41, 5.74) is 2.99. The zero-order chi connectivity index (χ0) is 15.2. The number of hydrogen-bond acceptors (Lipinski definition) is 2. The third-order valence-electron chi connectivity index (χ3n) is 3.00. The van der Waals surface area contributed by atoms with Crippen LogP contribution in [-0.4, -0.2) is 12.0 Å². The van der Waals surface area contributed by atoms with Crippen molar-refractivity contribution in [3.63, 3.8) is 0 Å². The molecule has 2 rings (SSSR count). The Labute approximate surface area is 126 Å². The first-order valence-corrected chi connectivity index (χ1v) is 7.15. The Morgan fingerprint density at radius 3 is 2.24 bits per heavy atom. The molecule has 0 aliphatic rings. The fourth-order valence-corrected chi connectivity index (χ4v) is 1.99. The quantitative estimate of drug-likeness (QED) is 0.902. The summed E-state index contributed by atoms with van der Waals surface area (Å²) in [6.45, 7) is 6.00. The van der Waals surface area contributed by atoms with E-state index in [2.05, 4.69) is 5.32 Å². The van der Waals surface area contributed by atoms with Crippen LogP contribution in [0, 0.1) is 6.92 Å². The number of aryl methyl sites for hydroxylation is 1. The molecule has 3 heteroatoms. The smallest absolute Gasteiger partial charge is 0.228 e. The van der Waals surface area contributed by atoms with Gasteiger partial charge in [0.2, 0.25) is 5.91 Å². The third kappa shape index (κ3) is 4.95. The summed E-state index contributed by atoms with van der Waals surface area (Å²) in [7, 11) is 0. The molecule has 0 aromatic heterocycles. The normalized spacial score (nSPS) is 10.5. The molecule has 1 N–H and O–H groups in total. The number of hydrogen-bond donors (Lipinski definition) is 1. The van der Waals surface area contributed by atoms with Gasteiger partial charge in [0.1, 0.15) is 5.75 Å². The maximum Gasteiger partial charge on any atom is 0.228 e. The number of carbonyl (C=O) groups is 1. The molecule has 1 amide bonds. The maximum absolute atomic E-state index is 12.0. The molecule has 3 nitrogen and oxygen atoms in total. The maximum atomic E-state index is 12.0. The summed E-state index contributed by atoms with van der Waals surface area (Å²) >= 11 is 0. The molecule has 0 aliphatic carbocycles. The summed E-state index contributed by atoms with van der Waals surface area (Å²) in [6, 6.07) is 15.4. The van der Waals surface area contributed by atoms with E-state index in [0.717, 1.165) is 17.0 Å². The number of nitrogens with one attached hydrogen (secondary N) is 1. The van der Waals surface area contributed by atoms with Crippen molar-refractivity contribution in [2.45, 2.75) is 33.3 Å². The van der Waals surface area contributed by atoms with Gasteiger partial charge in [-0.2, -0.15) is 0 Å². The predicted molar refractivity (Wildman–Crippen MR) is 85.7 cm³/mol. The third-order valence-corrected chi connectivity index (χ3v) is 3.00. The van der Waals surface area contributed by atoms with Gasteiger partial charge < -0.3 is 10.1 Å². The first-order chi connectivity index (χ1) is 10.0. The van der Waals surface area contributed by atoms with Crippen LogP contribution >= 0.6 is 0 Å². The zero-order valence-corrected chi connectivity index (χ0v) is 12.7. The second kappa shape index (κ2) is 6.93. The first kappa shape index (κ1) is 15.1. The van der Waals surface area contributed by atoms with E-state index in [0.29, 0.717) is 6.42 Å². The molecule has 21 heavy (non-hydrogen) atoms. The van der Waals surface area contributed by atoms with E-state index in [1.54, 1.807) is 0 Å². The number of benzene rings is 2. The van der Waals surface area contributed by atoms with Gasteiger partial charge in [-0.25, -0.2) is 0 Å². The Balaban J connectivity index is 1.91. The lowest BCUT2D eigenvalue weighted by molar-refractivity contribution is -0.115. The van der Waals surface area contributed by atoms with Gasteiger partial charge >= 0.3 is 0 Å². The lowest BCUT2D eigenvalue weighted by Gasteiger charge is -2.10. The average molecular weight is 283 g/mol. The Kier molecular flexibility index (Phi) is 4.99. The fraction of sp³-hybridized carbons (Fsp3) is 0.278. The zero-order valence-electron chi connectivity index (χ0n) is 12.7. The van der Waals surface area contributed by atoms with Crippen LogP contribution < -0.4 is 10.1 Å². The Hall–Kier alpha value is -2.29. The highest BCUT2D eigenvalue weighted by Gasteiger charge is 2.04. The molecular formula is C18H21NO2. The molecular weight excluding hydrogens is 262 g/mol. The summed E-state index contributed by atoms with van der Waals surface area (Å²) in [6.07, 6.45) is 0.525. The van der Waals surface area contributed by atoms with Crippen LogP contribution in [0.5, 0.6) is 5.75 Å². The lowest BCUT2D eigenvalue weighted by atomic mass is 10.1. The molecule has 0 fully saturated rings. The summed E-state index contributed by atoms with van der Waals surface area (Å²) in [5, 5.41) is 2.89. The monoisotopic (exact) mass is 283 g/mol. The molecule has 2 aromatic rings. The Morgan fingerprint density at radius 1 is 1.05 bits per heavy atom. The minimum atomic E-state index is -0.0172. The number of ether oxygens (including phenoxy) is 1. The van der Waals surface area contributed by atoms with Crippen LogP contribution in [0.25, 0.3) is 0 Å². The van der Waals surface area contributed by atoms with Crippen molar-refractivity contribution in [2.24, 2.45) is 0 Å². The van der Waals surface area contributed by atoms with Gasteiger partial charge in [0, 0.05) is 5.69 Å². The first-order valence-electron chi connectivity index (χ1n) is 7.15. The van der Waals surface area contributed by atoms with E-state index < -0.39 is 0 Å². The van der Waals surface area contributed by atoms with Crippen LogP contribution in [0.1, 0.15) is 25.0 Å². The Bertz CT molecular complexity index is 586. The van der Waals surface area contributed by atoms with E-state index in [4.69, 9.17) is 4.74 Å². The van der Waals surface area contributed by atoms with E-state index in [1.165, 1.54) is 5.56 Å². The van der Waals surface area contributed by atoms with E-state index in [1.807, 2.05) is 69.3 Å². The summed E-state index contributed by atoms with van der Waals surface area (Å²) in [5.74, 6) is 0.790. The Morgan fingerprint density at radius 2 is 1.67 bits per heavy atom. The predicted octanol–water partition coefficient (Wildman–Crippen LogP) is 3.96. The molecule has 0 bridgehead atoms. The number of carbonyl (C=O) groups excluding carboxylic acids is 1. The SMILES string of the molecule is Cc1ccc(CC(=O)Nc2ccc(OC(C)C)cc2)cc1. The van der Waals surface area contributed by atoms with Crippen LogP contribution in [0.15, 0.2) is 48.5 Å². The van der Waals surface area contributed by atoms with Crippen LogP contribution in [-0.2, 0) is 11.2 Å². The molecule has 0 heterocycles. The molecule has 0 saturated heterocycles. The van der Waals surface area contributed by atoms with Gasteiger partial charge in [0.25, 0.3) is 0 Å². The second-order valence-corrected chi connectivity index (χ2v) is 5.40. The molecule has 0 unspecified atom stereocenters. The van der Waals surface area contributed by atoms with E-state index >= 15 is 0 Å². The fourth-order valence-electron chi connectivity index (χ4n) is 1.99. The lowest BCUT2D eigenvalue weighted by Crippen LogP contribution is -2.14. The highest BCUT2D eigenvalue weighted by molar-refractivity contribution is 5.92. The average Bonchev–Trinajstić information content (AvgIpc) is 2.43. The molecule has 0 aliphatic heterocycles. The van der Waals surface area contributed by atoms with Gasteiger partial charge in [-0.3, -0.25) is 4.79 Å². The van der Waals surface area contributed by atoms with Crippen molar-refractivity contribution in [1.82, 2.24) is 0 Å². The van der Waals surface area contributed by atoms with Crippen LogP contribution in [0.3, 0.4) is 0 Å². The van der Waals surface area contributed by atoms with Crippen molar-refractivity contribution >= 4 is 11.6 Å². The van der Waals surface area contributed by atoms with E-state index in [-0.39, 0.29) is 12.0 Å². The van der Waals surface area contributed by atoms with Crippen LogP contribution in [0.2, 0.25) is 0 Å². The number of amides is 1. The van der Waals surface area contributed by atoms with Gasteiger partial charge in [-0.15, -0.1) is 0 Å². The van der Waals surface area contributed by atoms with Gasteiger partial charge in [-0.1, -0.05) is 29.8 Å². The largest absolute Gasteiger partial charge is 0.491 e. The van der Waals surface area contributed by atoms with Gasteiger partial charge in [0.05, 0.1) is 12.5 Å². The van der Waals surface area contributed by atoms with Crippen molar-refractivity contribution in [3.05, 3.63) is 59.7 Å². The molecule has 110 valence electrons. The minimum absolute atomic E-state index is 0.0172. The highest BCUT2D eigenvalue weighted by atomic mass is 16.5. The molecule has 0 saturated carbocycles. The number of anilines is 1. The minimum Gasteiger partial charge on any atom is -0.491 e. The topological polar surface area (TPSA) is 38.3 Å². The van der Waals surface area contributed by atoms with Crippen molar-refractivity contribution in [3.8, 4) is 5.75 Å². The molecule has 0 radical (unpaired) electrons. The molecule has 0 atom stereocenters. The van der Waals surface area contributed by atoms with Crippen molar-refractivity contribution < 1.29 is 9.53 Å². The van der Waals surface area contributed by atoms with Crippen molar-refractivity contribution in [2.75, 3.05) is 5.32 Å². The second-order valence-electron chi connectivity index (χ2n) is 5.40. The summed E-state index contributed by atoms with van der Waals surface area (Å²) < 4.78 is 5.57. The molecule has 0 spiro atoms. The highest BCUT2D eigenvalue weighted by Crippen LogP contribution is 2.17. The summed E-state index contributed by atoms with van der Waals surface area (Å²) in [4.78, 5) is 12.0. The van der Waals surface area contributed by atoms with Crippen molar-refractivity contribution in [1.29, 1.82) is 0 Å². The van der Waals surface area contributed by atoms with E-state index in [9.17, 15) is 4.79 Å². The standard InChI is InChI=1S/C18H21NO2/c1-13(2)21-17-10-8-16(9-11-17)19-18(20)12-15-6-4-14(3)5-7-15/h4-11,13H,12H2,1-3H3,(H,19,20). The van der Waals surface area contributed by atoms with Gasteiger partial charge in [0.15, 0.2) is 0 Å². The van der Waals surface area contributed by atoms with Crippen LogP contribution in [0.4, 0.5) is 5.69 Å². The molecule has 2 aromatic carbocycles. The van der Waals surface area contributed by atoms with Gasteiger partial charge in [-0.05, 0) is 50.6 Å².